The van der Waals surface area contributed by atoms with E-state index >= 15 is 0 Å². The van der Waals surface area contributed by atoms with E-state index in [0.29, 0.717) is 0 Å². The van der Waals surface area contributed by atoms with Gasteiger partial charge >= 0.3 is 0 Å². The zero-order valence-electron chi connectivity index (χ0n) is 15.9. The van der Waals surface area contributed by atoms with Gasteiger partial charge in [0.15, 0.2) is 0 Å². The Bertz CT molecular complexity index is 1260. The van der Waals surface area contributed by atoms with E-state index in [9.17, 15) is 4.39 Å². The summed E-state index contributed by atoms with van der Waals surface area (Å²) in [6.07, 6.45) is 3.98. The van der Waals surface area contributed by atoms with E-state index in [4.69, 9.17) is 4.74 Å². The summed E-state index contributed by atoms with van der Waals surface area (Å²) in [5.41, 5.74) is 4.09. The molecule has 0 amide bonds. The summed E-state index contributed by atoms with van der Waals surface area (Å²) in [6, 6.07) is 8.68. The maximum Gasteiger partial charge on any atom is 0.145 e. The van der Waals surface area contributed by atoms with Crippen LogP contribution in [0.3, 0.4) is 0 Å². The molecule has 0 saturated carbocycles. The minimum Gasteiger partial charge on any atom is -0.489 e. The van der Waals surface area contributed by atoms with Crippen LogP contribution in [0, 0.1) is 19.7 Å². The highest BCUT2D eigenvalue weighted by molar-refractivity contribution is 5.76. The summed E-state index contributed by atoms with van der Waals surface area (Å²) in [6.45, 7) is 8.10. The van der Waals surface area contributed by atoms with E-state index in [1.807, 2.05) is 39.0 Å². The lowest BCUT2D eigenvalue weighted by Crippen LogP contribution is -2.20. The highest BCUT2D eigenvalue weighted by atomic mass is 19.1. The van der Waals surface area contributed by atoms with Crippen molar-refractivity contribution in [3.63, 3.8) is 0 Å². The van der Waals surface area contributed by atoms with Crippen molar-refractivity contribution < 1.29 is 9.13 Å². The first kappa shape index (κ1) is 17.3. The van der Waals surface area contributed by atoms with Crippen LogP contribution < -0.4 is 26.0 Å². The maximum atomic E-state index is 13.5. The standard InChI is InChI=1S/C22H22FN3O/c1-12(2)27-22-11-20(19-9-15-8-16(23)5-6-17(15)25-19)26-21(22)10-18-13(3)7-14(4)24-18/h5-12,24,26H,1-4H3/b20-19?,21-10-. The molecular formula is C22H22FN3O. The topological polar surface area (TPSA) is 53.2 Å². The largest absolute Gasteiger partial charge is 0.489 e. The molecule has 1 aromatic carbocycles. The van der Waals surface area contributed by atoms with E-state index in [0.717, 1.165) is 44.1 Å². The summed E-state index contributed by atoms with van der Waals surface area (Å²) >= 11 is 0. The minimum atomic E-state index is -0.261. The fourth-order valence-electron chi connectivity index (χ4n) is 3.28. The third-order valence-corrected chi connectivity index (χ3v) is 4.45. The zero-order valence-corrected chi connectivity index (χ0v) is 15.9. The molecule has 4 rings (SSSR count). The van der Waals surface area contributed by atoms with Crippen molar-refractivity contribution >= 4 is 17.8 Å². The second-order valence-corrected chi connectivity index (χ2v) is 7.17. The molecule has 2 aromatic heterocycles. The molecule has 0 atom stereocenters. The van der Waals surface area contributed by atoms with Crippen molar-refractivity contribution in [1.82, 2.24) is 9.97 Å². The number of hydrogen-bond acceptors (Lipinski definition) is 2. The number of ether oxygens (including phenoxy) is 1. The number of aryl methyl sites for hydroxylation is 2. The van der Waals surface area contributed by atoms with Gasteiger partial charge in [0.1, 0.15) is 11.6 Å². The van der Waals surface area contributed by atoms with Gasteiger partial charge < -0.3 is 14.7 Å². The summed E-state index contributed by atoms with van der Waals surface area (Å²) in [7, 11) is 0. The van der Waals surface area contributed by atoms with Crippen LogP contribution in [0.4, 0.5) is 4.39 Å². The van der Waals surface area contributed by atoms with Gasteiger partial charge in [-0.3, -0.25) is 0 Å². The molecule has 0 fully saturated rings. The summed E-state index contributed by atoms with van der Waals surface area (Å²) in [4.78, 5) is 11.4. The maximum absolute atomic E-state index is 13.5. The van der Waals surface area contributed by atoms with Gasteiger partial charge in [0.25, 0.3) is 0 Å². The average Bonchev–Trinajstić information content (AvgIpc) is 3.25. The number of nitrogens with zero attached hydrogens (tertiary/aromatic N) is 1. The number of halogens is 1. The number of H-pyrrole nitrogens is 2. The Kier molecular flexibility index (Phi) is 4.22. The highest BCUT2D eigenvalue weighted by Crippen LogP contribution is 2.11. The number of benzene rings is 1. The Hall–Kier alpha value is -3.08. The average molecular weight is 363 g/mol. The van der Waals surface area contributed by atoms with Crippen LogP contribution in [0.5, 0.6) is 5.75 Å². The molecule has 1 aliphatic rings. The molecule has 0 saturated heterocycles. The van der Waals surface area contributed by atoms with Gasteiger partial charge in [0.05, 0.1) is 27.9 Å². The molecule has 27 heavy (non-hydrogen) atoms. The van der Waals surface area contributed by atoms with Crippen LogP contribution in [-0.4, -0.2) is 16.1 Å². The first-order valence-corrected chi connectivity index (χ1v) is 9.03. The normalized spacial score (nSPS) is 15.7. The Morgan fingerprint density at radius 1 is 1.11 bits per heavy atom. The van der Waals surface area contributed by atoms with Crippen molar-refractivity contribution in [2.24, 2.45) is 4.99 Å². The Morgan fingerprint density at radius 3 is 2.63 bits per heavy atom. The minimum absolute atomic E-state index is 0.0491. The lowest BCUT2D eigenvalue weighted by Gasteiger charge is -2.06. The van der Waals surface area contributed by atoms with Gasteiger partial charge in [-0.2, -0.15) is 0 Å². The summed E-state index contributed by atoms with van der Waals surface area (Å²) in [5.74, 6) is 0.508. The molecule has 0 spiro atoms. The van der Waals surface area contributed by atoms with Crippen LogP contribution in [0.2, 0.25) is 0 Å². The van der Waals surface area contributed by atoms with Gasteiger partial charge in [-0.1, -0.05) is 0 Å². The summed E-state index contributed by atoms with van der Waals surface area (Å²) in [5, 5.41) is 3.28. The van der Waals surface area contributed by atoms with Crippen molar-refractivity contribution in [2.45, 2.75) is 33.8 Å². The fourth-order valence-corrected chi connectivity index (χ4v) is 3.28. The van der Waals surface area contributed by atoms with Crippen LogP contribution in [-0.2, 0) is 0 Å². The number of aromatic amines is 2. The number of nitrogens with one attached hydrogen (secondary N) is 2. The Balaban J connectivity index is 1.92. The first-order valence-electron chi connectivity index (χ1n) is 9.03. The molecule has 0 unspecified atom stereocenters. The van der Waals surface area contributed by atoms with Gasteiger partial charge in [0.2, 0.25) is 0 Å². The molecule has 2 N–H and O–H groups in total. The van der Waals surface area contributed by atoms with Crippen molar-refractivity contribution in [1.29, 1.82) is 0 Å². The number of hydrogen-bond donors (Lipinski definition) is 2. The first-order chi connectivity index (χ1) is 12.9. The molecule has 0 bridgehead atoms. The van der Waals surface area contributed by atoms with Gasteiger partial charge in [-0.05, 0) is 69.7 Å². The summed E-state index contributed by atoms with van der Waals surface area (Å²) < 4.78 is 19.5. The molecule has 5 heteroatoms. The van der Waals surface area contributed by atoms with Crippen LogP contribution in [0.25, 0.3) is 17.8 Å². The second kappa shape index (κ2) is 6.58. The predicted molar refractivity (Wildman–Crippen MR) is 105 cm³/mol. The highest BCUT2D eigenvalue weighted by Gasteiger charge is 2.09. The quantitative estimate of drug-likeness (QED) is 0.734. The molecule has 138 valence electrons. The Labute approximate surface area is 156 Å². The molecule has 3 heterocycles. The number of fused-ring (bicyclic) bond motifs is 1. The number of aromatic nitrogens is 2. The second-order valence-electron chi connectivity index (χ2n) is 7.17. The van der Waals surface area contributed by atoms with Crippen LogP contribution >= 0.6 is 0 Å². The van der Waals surface area contributed by atoms with E-state index in [1.165, 1.54) is 17.7 Å². The van der Waals surface area contributed by atoms with E-state index in [-0.39, 0.29) is 11.9 Å². The molecule has 1 aliphatic heterocycles. The smallest absolute Gasteiger partial charge is 0.145 e. The van der Waals surface area contributed by atoms with E-state index in [1.54, 1.807) is 6.07 Å². The lowest BCUT2D eigenvalue weighted by molar-refractivity contribution is 0.240. The van der Waals surface area contributed by atoms with Crippen molar-refractivity contribution in [3.05, 3.63) is 74.4 Å². The monoisotopic (exact) mass is 363 g/mol. The predicted octanol–water partition coefficient (Wildman–Crippen LogP) is 1.94. The fraction of sp³-hybridized carbons (Fsp3) is 0.227. The van der Waals surface area contributed by atoms with E-state index < -0.39 is 0 Å². The Morgan fingerprint density at radius 2 is 1.93 bits per heavy atom. The van der Waals surface area contributed by atoms with Gasteiger partial charge in [0, 0.05) is 22.7 Å². The molecule has 4 nitrogen and oxygen atoms in total. The zero-order chi connectivity index (χ0) is 19.1. The van der Waals surface area contributed by atoms with E-state index in [2.05, 4.69) is 28.0 Å². The number of rotatable bonds is 3. The molecule has 0 aliphatic carbocycles. The van der Waals surface area contributed by atoms with Gasteiger partial charge in [-0.25, -0.2) is 9.38 Å². The van der Waals surface area contributed by atoms with Gasteiger partial charge in [-0.15, -0.1) is 0 Å². The van der Waals surface area contributed by atoms with Crippen molar-refractivity contribution in [2.75, 3.05) is 0 Å². The van der Waals surface area contributed by atoms with Crippen LogP contribution in [0.1, 0.15) is 30.8 Å². The SMILES string of the molecule is Cc1cc(C)c(/C=c2\[nH]c(=C3C=c4cc(F)ccc4=N3)cc2OC(C)C)[nH]1. The van der Waals surface area contributed by atoms with Crippen molar-refractivity contribution in [3.8, 4) is 5.75 Å². The lowest BCUT2D eigenvalue weighted by atomic mass is 10.2. The molecule has 0 radical (unpaired) electrons. The van der Waals surface area contributed by atoms with Crippen LogP contribution in [0.15, 0.2) is 35.3 Å². The third kappa shape index (κ3) is 3.45. The third-order valence-electron chi connectivity index (χ3n) is 4.45. The molecule has 3 aromatic rings. The molecular weight excluding hydrogens is 341 g/mol.